The Morgan fingerprint density at radius 1 is 0.917 bits per heavy atom. The van der Waals surface area contributed by atoms with Crippen molar-refractivity contribution in [2.75, 3.05) is 13.7 Å². The average Bonchev–Trinajstić information content (AvgIpc) is 2.58. The second-order valence-corrected chi connectivity index (χ2v) is 12.3. The molecule has 2 nitrogen and oxygen atoms in total. The van der Waals surface area contributed by atoms with Gasteiger partial charge in [-0.1, -0.05) is 92.1 Å². The Morgan fingerprint density at radius 3 is 1.96 bits per heavy atom. The quantitative estimate of drug-likeness (QED) is 0.673. The number of hydrogen-bond acceptors (Lipinski definition) is 2. The molecule has 0 aliphatic carbocycles. The molecule has 2 aromatic carbocycles. The molecule has 128 valence electrons. The first-order chi connectivity index (χ1) is 11.5. The van der Waals surface area contributed by atoms with Gasteiger partial charge in [-0.05, 0) is 11.1 Å². The molecule has 0 heterocycles. The molecule has 3 heteroatoms. The average molecular weight is 340 g/mol. The molecular formula is C21H29NOSi. The monoisotopic (exact) mass is 339 g/mol. The minimum Gasteiger partial charge on any atom is -0.383 e. The lowest BCUT2D eigenvalue weighted by molar-refractivity contribution is 0.163. The molecule has 1 N–H and O–H groups in total. The molecule has 2 atom stereocenters. The predicted molar refractivity (Wildman–Crippen MR) is 106 cm³/mol. The van der Waals surface area contributed by atoms with Crippen LogP contribution in [0.2, 0.25) is 19.6 Å². The highest BCUT2D eigenvalue weighted by atomic mass is 28.3. The van der Waals surface area contributed by atoms with E-state index in [4.69, 9.17) is 4.74 Å². The number of methoxy groups -OCH3 is 1. The summed E-state index contributed by atoms with van der Waals surface area (Å²) in [5, 5.41) is 3.77. The van der Waals surface area contributed by atoms with Gasteiger partial charge in [-0.2, -0.15) is 0 Å². The van der Waals surface area contributed by atoms with Crippen molar-refractivity contribution >= 4 is 8.07 Å². The maximum atomic E-state index is 5.46. The second-order valence-electron chi connectivity index (χ2n) is 7.20. The Labute approximate surface area is 147 Å². The van der Waals surface area contributed by atoms with E-state index in [1.807, 2.05) is 6.07 Å². The molecule has 0 amide bonds. The van der Waals surface area contributed by atoms with Gasteiger partial charge in [0.25, 0.3) is 0 Å². The number of nitrogens with one attached hydrogen (secondary N) is 1. The van der Waals surface area contributed by atoms with Crippen molar-refractivity contribution in [3.63, 3.8) is 0 Å². The summed E-state index contributed by atoms with van der Waals surface area (Å²) in [6.45, 7) is 7.72. The molecule has 0 bridgehead atoms. The van der Waals surface area contributed by atoms with Crippen LogP contribution in [-0.4, -0.2) is 21.8 Å². The third kappa shape index (κ3) is 6.08. The second kappa shape index (κ2) is 8.97. The summed E-state index contributed by atoms with van der Waals surface area (Å²) in [7, 11) is 0.503. The lowest BCUT2D eigenvalue weighted by Gasteiger charge is -2.25. The van der Waals surface area contributed by atoms with Crippen LogP contribution < -0.4 is 5.32 Å². The van der Waals surface area contributed by atoms with Crippen molar-refractivity contribution in [1.82, 2.24) is 5.32 Å². The first-order valence-electron chi connectivity index (χ1n) is 8.54. The van der Waals surface area contributed by atoms with Crippen molar-refractivity contribution in [1.29, 1.82) is 0 Å². The van der Waals surface area contributed by atoms with E-state index in [9.17, 15) is 0 Å². The van der Waals surface area contributed by atoms with Crippen LogP contribution in [0.15, 0.2) is 72.4 Å². The third-order valence-electron chi connectivity index (χ3n) is 3.86. The Kier molecular flexibility index (Phi) is 6.97. The Hall–Kier alpha value is -1.68. The normalized spacial score (nSPS) is 14.7. The zero-order valence-electron chi connectivity index (χ0n) is 15.2. The van der Waals surface area contributed by atoms with E-state index in [-0.39, 0.29) is 12.1 Å². The highest BCUT2D eigenvalue weighted by Crippen LogP contribution is 2.22. The molecule has 2 aromatic rings. The molecule has 24 heavy (non-hydrogen) atoms. The Bertz CT molecular complexity index is 619. The van der Waals surface area contributed by atoms with Crippen molar-refractivity contribution in [3.8, 4) is 0 Å². The standard InChI is InChI=1S/C21H29NOSi/c1-23-17-21(19-13-9-6-10-14-19)22-20(15-16-24(2,3)4)18-11-7-5-8-12-18/h5-16,20-22H,17H2,1-4H3/b16-15+/t20-,21-/m0/s1. The number of hydrogen-bond donors (Lipinski definition) is 1. The molecule has 0 radical (unpaired) electrons. The lowest BCUT2D eigenvalue weighted by Crippen LogP contribution is -2.29. The molecule has 0 aliphatic rings. The number of benzene rings is 2. The molecule has 0 saturated heterocycles. The summed E-state index contributed by atoms with van der Waals surface area (Å²) >= 11 is 0. The zero-order chi connectivity index (χ0) is 17.4. The van der Waals surface area contributed by atoms with Crippen LogP contribution >= 0.6 is 0 Å². The highest BCUT2D eigenvalue weighted by Gasteiger charge is 2.18. The van der Waals surface area contributed by atoms with Crippen LogP contribution in [0.3, 0.4) is 0 Å². The van der Waals surface area contributed by atoms with Gasteiger partial charge in [-0.25, -0.2) is 0 Å². The summed E-state index contributed by atoms with van der Waals surface area (Å²) < 4.78 is 5.46. The summed E-state index contributed by atoms with van der Waals surface area (Å²) in [6.07, 6.45) is 2.33. The Morgan fingerprint density at radius 2 is 1.46 bits per heavy atom. The van der Waals surface area contributed by atoms with Crippen LogP contribution in [0.5, 0.6) is 0 Å². The predicted octanol–water partition coefficient (Wildman–Crippen LogP) is 5.14. The SMILES string of the molecule is COC[C@H](N[C@@H](/C=C/[Si](C)(C)C)c1ccccc1)c1ccccc1. The zero-order valence-corrected chi connectivity index (χ0v) is 16.2. The molecule has 0 aliphatic heterocycles. The van der Waals surface area contributed by atoms with E-state index in [2.05, 4.69) is 91.3 Å². The van der Waals surface area contributed by atoms with Gasteiger partial charge in [-0.15, -0.1) is 0 Å². The highest BCUT2D eigenvalue weighted by molar-refractivity contribution is 6.80. The summed E-state index contributed by atoms with van der Waals surface area (Å²) in [4.78, 5) is 0. The molecule has 0 spiro atoms. The van der Waals surface area contributed by atoms with Gasteiger partial charge in [0.15, 0.2) is 0 Å². The molecule has 0 saturated carbocycles. The fraction of sp³-hybridized carbons (Fsp3) is 0.333. The fourth-order valence-electron chi connectivity index (χ4n) is 2.62. The fourth-order valence-corrected chi connectivity index (χ4v) is 3.39. The summed E-state index contributed by atoms with van der Waals surface area (Å²) in [6, 6.07) is 21.5. The molecular weight excluding hydrogens is 310 g/mol. The largest absolute Gasteiger partial charge is 0.383 e. The van der Waals surface area contributed by atoms with Crippen LogP contribution in [0.25, 0.3) is 0 Å². The van der Waals surface area contributed by atoms with Crippen molar-refractivity contribution in [2.24, 2.45) is 0 Å². The van der Waals surface area contributed by atoms with E-state index in [1.54, 1.807) is 7.11 Å². The van der Waals surface area contributed by atoms with Gasteiger partial charge < -0.3 is 4.74 Å². The number of rotatable bonds is 8. The van der Waals surface area contributed by atoms with E-state index in [0.717, 1.165) is 0 Å². The van der Waals surface area contributed by atoms with Gasteiger partial charge in [-0.3, -0.25) is 5.32 Å². The van der Waals surface area contributed by atoms with Crippen molar-refractivity contribution < 1.29 is 4.74 Å². The van der Waals surface area contributed by atoms with Gasteiger partial charge in [0.05, 0.1) is 26.8 Å². The van der Waals surface area contributed by atoms with Crippen LogP contribution in [-0.2, 0) is 4.74 Å². The van der Waals surface area contributed by atoms with Crippen LogP contribution in [0.1, 0.15) is 23.2 Å². The van der Waals surface area contributed by atoms with Gasteiger partial charge in [0.1, 0.15) is 0 Å². The molecule has 2 rings (SSSR count). The van der Waals surface area contributed by atoms with E-state index in [0.29, 0.717) is 6.61 Å². The lowest BCUT2D eigenvalue weighted by atomic mass is 10.0. The van der Waals surface area contributed by atoms with E-state index >= 15 is 0 Å². The smallest absolute Gasteiger partial charge is 0.0683 e. The maximum Gasteiger partial charge on any atom is 0.0683 e. The molecule has 0 aromatic heterocycles. The van der Waals surface area contributed by atoms with Crippen molar-refractivity contribution in [2.45, 2.75) is 31.7 Å². The van der Waals surface area contributed by atoms with Crippen LogP contribution in [0.4, 0.5) is 0 Å². The van der Waals surface area contributed by atoms with Crippen LogP contribution in [0, 0.1) is 0 Å². The maximum absolute atomic E-state index is 5.46. The first kappa shape index (κ1) is 18.7. The summed E-state index contributed by atoms with van der Waals surface area (Å²) in [5.74, 6) is 0. The molecule has 0 fully saturated rings. The molecule has 0 unspecified atom stereocenters. The van der Waals surface area contributed by atoms with Crippen molar-refractivity contribution in [3.05, 3.63) is 83.6 Å². The number of ether oxygens (including phenoxy) is 1. The van der Waals surface area contributed by atoms with Gasteiger partial charge in [0.2, 0.25) is 0 Å². The van der Waals surface area contributed by atoms with E-state index < -0.39 is 8.07 Å². The summed E-state index contributed by atoms with van der Waals surface area (Å²) in [5.41, 5.74) is 4.94. The third-order valence-corrected chi connectivity index (χ3v) is 5.06. The van der Waals surface area contributed by atoms with Gasteiger partial charge >= 0.3 is 0 Å². The minimum absolute atomic E-state index is 0.160. The first-order valence-corrected chi connectivity index (χ1v) is 12.1. The van der Waals surface area contributed by atoms with Gasteiger partial charge in [0, 0.05) is 7.11 Å². The minimum atomic E-state index is -1.25. The Balaban J connectivity index is 2.27. The topological polar surface area (TPSA) is 21.3 Å². The van der Waals surface area contributed by atoms with E-state index in [1.165, 1.54) is 11.1 Å².